The Morgan fingerprint density at radius 2 is 1.75 bits per heavy atom. The van der Waals surface area contributed by atoms with Crippen LogP contribution in [0, 0.1) is 13.8 Å². The van der Waals surface area contributed by atoms with E-state index in [1.165, 1.54) is 5.69 Å². The Labute approximate surface area is 170 Å². The molecule has 0 unspecified atom stereocenters. The zero-order chi connectivity index (χ0) is 19.7. The molecule has 3 aromatic rings. The number of benzene rings is 1. The average Bonchev–Trinajstić information content (AvgIpc) is 2.68. The third-order valence-corrected chi connectivity index (χ3v) is 5.78. The molecule has 6 heteroatoms. The summed E-state index contributed by atoms with van der Waals surface area (Å²) in [6.07, 6.45) is 2.56. The molecule has 0 atom stereocenters. The van der Waals surface area contributed by atoms with Gasteiger partial charge in [-0.05, 0) is 62.2 Å². The molecule has 1 fully saturated rings. The van der Waals surface area contributed by atoms with Crippen LogP contribution in [0.15, 0.2) is 47.4 Å². The summed E-state index contributed by atoms with van der Waals surface area (Å²) in [5, 5.41) is 0.767. The van der Waals surface area contributed by atoms with Crippen LogP contribution in [-0.4, -0.2) is 47.0 Å². The molecule has 0 saturated carbocycles. The lowest BCUT2D eigenvalue weighted by atomic mass is 10.1. The lowest BCUT2D eigenvalue weighted by molar-refractivity contribution is 0.260. The molecular weight excluding hydrogens is 372 g/mol. The van der Waals surface area contributed by atoms with Gasteiger partial charge in [0.2, 0.25) is 0 Å². The van der Waals surface area contributed by atoms with Gasteiger partial charge in [0, 0.05) is 60.9 Å². The number of halogens is 1. The summed E-state index contributed by atoms with van der Waals surface area (Å²) in [7, 11) is 0. The highest BCUT2D eigenvalue weighted by Crippen LogP contribution is 2.19. The van der Waals surface area contributed by atoms with Crippen molar-refractivity contribution in [3.05, 3.63) is 74.8 Å². The van der Waals surface area contributed by atoms with Crippen LogP contribution in [-0.2, 0) is 6.42 Å². The van der Waals surface area contributed by atoms with Gasteiger partial charge in [-0.25, -0.2) is 4.98 Å². The molecule has 0 spiro atoms. The second kappa shape index (κ2) is 7.94. The van der Waals surface area contributed by atoms with Gasteiger partial charge in [0.15, 0.2) is 0 Å². The number of rotatable bonds is 4. The highest BCUT2D eigenvalue weighted by molar-refractivity contribution is 6.30. The topological polar surface area (TPSA) is 40.9 Å². The van der Waals surface area contributed by atoms with E-state index in [2.05, 4.69) is 26.9 Å². The summed E-state index contributed by atoms with van der Waals surface area (Å²) < 4.78 is 1.66. The number of pyridine rings is 1. The Hall–Kier alpha value is -2.37. The Kier molecular flexibility index (Phi) is 5.38. The molecule has 3 heterocycles. The molecule has 1 aromatic carbocycles. The summed E-state index contributed by atoms with van der Waals surface area (Å²) in [5.41, 5.74) is 4.77. The van der Waals surface area contributed by atoms with Crippen LogP contribution >= 0.6 is 11.6 Å². The monoisotopic (exact) mass is 396 g/mol. The lowest BCUT2D eigenvalue weighted by Crippen LogP contribution is -2.47. The van der Waals surface area contributed by atoms with Crippen LogP contribution in [0.1, 0.15) is 16.8 Å². The number of nitrogens with zero attached hydrogens (tertiary/aromatic N) is 4. The van der Waals surface area contributed by atoms with Gasteiger partial charge in [0.25, 0.3) is 5.56 Å². The fraction of sp³-hybridized carbons (Fsp3) is 0.364. The summed E-state index contributed by atoms with van der Waals surface area (Å²) in [6, 6.07) is 11.9. The maximum atomic E-state index is 12.9. The minimum Gasteiger partial charge on any atom is -0.369 e. The number of hydrogen-bond acceptors (Lipinski definition) is 4. The van der Waals surface area contributed by atoms with Gasteiger partial charge in [-0.1, -0.05) is 11.6 Å². The molecule has 0 N–H and O–H groups in total. The van der Waals surface area contributed by atoms with E-state index in [1.807, 2.05) is 44.3 Å². The maximum Gasteiger partial charge on any atom is 0.261 e. The first-order chi connectivity index (χ1) is 13.5. The lowest BCUT2D eigenvalue weighted by Gasteiger charge is -2.36. The first-order valence-corrected chi connectivity index (χ1v) is 10.1. The molecule has 5 nitrogen and oxygen atoms in total. The quantitative estimate of drug-likeness (QED) is 0.678. The summed E-state index contributed by atoms with van der Waals surface area (Å²) in [5.74, 6) is 0. The third kappa shape index (κ3) is 3.91. The summed E-state index contributed by atoms with van der Waals surface area (Å²) >= 11 is 5.98. The SMILES string of the molecule is Cc1ccn2c(=O)c(CCN3CCN(c4ccc(Cl)cc4)CC3)c(C)nc2c1. The molecule has 28 heavy (non-hydrogen) atoms. The standard InChI is InChI=1S/C22H25ClN4O/c1-16-7-10-27-21(15-16)24-17(2)20(22(27)28)8-9-25-11-13-26(14-12-25)19-5-3-18(23)4-6-19/h3-7,10,15H,8-9,11-14H2,1-2H3. The van der Waals surface area contributed by atoms with Crippen molar-refractivity contribution >= 4 is 22.9 Å². The van der Waals surface area contributed by atoms with Gasteiger partial charge in [-0.2, -0.15) is 0 Å². The minimum atomic E-state index is 0.0577. The van der Waals surface area contributed by atoms with Crippen molar-refractivity contribution < 1.29 is 0 Å². The molecule has 2 aromatic heterocycles. The minimum absolute atomic E-state index is 0.0577. The van der Waals surface area contributed by atoms with Crippen LogP contribution in [0.5, 0.6) is 0 Å². The molecular formula is C22H25ClN4O. The van der Waals surface area contributed by atoms with Crippen LogP contribution in [0.3, 0.4) is 0 Å². The second-order valence-corrected chi connectivity index (χ2v) is 7.90. The number of fused-ring (bicyclic) bond motifs is 1. The average molecular weight is 397 g/mol. The zero-order valence-corrected chi connectivity index (χ0v) is 17.1. The van der Waals surface area contributed by atoms with Crippen LogP contribution in [0.4, 0.5) is 5.69 Å². The van der Waals surface area contributed by atoms with Crippen molar-refractivity contribution in [2.24, 2.45) is 0 Å². The normalized spacial score (nSPS) is 15.3. The molecule has 146 valence electrons. The first kappa shape index (κ1) is 19.0. The van der Waals surface area contributed by atoms with Gasteiger partial charge in [-0.15, -0.1) is 0 Å². The Morgan fingerprint density at radius 1 is 1.04 bits per heavy atom. The predicted octanol–water partition coefficient (Wildman–Crippen LogP) is 3.33. The van der Waals surface area contributed by atoms with Crippen molar-refractivity contribution in [3.8, 4) is 0 Å². The van der Waals surface area contributed by atoms with Gasteiger partial charge in [-0.3, -0.25) is 14.1 Å². The Bertz CT molecular complexity index is 1040. The number of hydrogen-bond donors (Lipinski definition) is 0. The molecule has 1 aliphatic heterocycles. The van der Waals surface area contributed by atoms with E-state index >= 15 is 0 Å². The van der Waals surface area contributed by atoms with Crippen molar-refractivity contribution in [2.75, 3.05) is 37.6 Å². The maximum absolute atomic E-state index is 12.9. The van der Waals surface area contributed by atoms with Crippen LogP contribution in [0.25, 0.3) is 5.65 Å². The van der Waals surface area contributed by atoms with E-state index in [0.29, 0.717) is 0 Å². The summed E-state index contributed by atoms with van der Waals surface area (Å²) in [6.45, 7) is 8.77. The van der Waals surface area contributed by atoms with Gasteiger partial charge < -0.3 is 4.90 Å². The van der Waals surface area contributed by atoms with E-state index in [0.717, 1.165) is 66.6 Å². The fourth-order valence-electron chi connectivity index (χ4n) is 3.83. The van der Waals surface area contributed by atoms with Crippen molar-refractivity contribution in [2.45, 2.75) is 20.3 Å². The van der Waals surface area contributed by atoms with Crippen molar-refractivity contribution in [3.63, 3.8) is 0 Å². The van der Waals surface area contributed by atoms with Crippen LogP contribution in [0.2, 0.25) is 5.02 Å². The van der Waals surface area contributed by atoms with E-state index in [9.17, 15) is 4.79 Å². The molecule has 0 bridgehead atoms. The first-order valence-electron chi connectivity index (χ1n) is 9.72. The predicted molar refractivity (Wildman–Crippen MR) is 115 cm³/mol. The number of aryl methyl sites for hydroxylation is 2. The Balaban J connectivity index is 1.41. The van der Waals surface area contributed by atoms with Gasteiger partial charge in [0.1, 0.15) is 5.65 Å². The molecule has 1 aliphatic rings. The highest BCUT2D eigenvalue weighted by atomic mass is 35.5. The van der Waals surface area contributed by atoms with Gasteiger partial charge >= 0.3 is 0 Å². The summed E-state index contributed by atoms with van der Waals surface area (Å²) in [4.78, 5) is 22.3. The van der Waals surface area contributed by atoms with Crippen molar-refractivity contribution in [1.29, 1.82) is 0 Å². The number of aromatic nitrogens is 2. The zero-order valence-electron chi connectivity index (χ0n) is 16.4. The molecule has 4 rings (SSSR count). The largest absolute Gasteiger partial charge is 0.369 e. The van der Waals surface area contributed by atoms with E-state index < -0.39 is 0 Å². The molecule has 1 saturated heterocycles. The third-order valence-electron chi connectivity index (χ3n) is 5.53. The number of anilines is 1. The smallest absolute Gasteiger partial charge is 0.261 e. The molecule has 0 amide bonds. The fourth-order valence-corrected chi connectivity index (χ4v) is 3.95. The van der Waals surface area contributed by atoms with Gasteiger partial charge in [0.05, 0.1) is 0 Å². The van der Waals surface area contributed by atoms with Crippen molar-refractivity contribution in [1.82, 2.24) is 14.3 Å². The highest BCUT2D eigenvalue weighted by Gasteiger charge is 2.18. The van der Waals surface area contributed by atoms with Crippen LogP contribution < -0.4 is 10.5 Å². The second-order valence-electron chi connectivity index (χ2n) is 7.47. The number of piperazine rings is 1. The van der Waals surface area contributed by atoms with E-state index in [-0.39, 0.29) is 5.56 Å². The molecule has 0 radical (unpaired) electrons. The van der Waals surface area contributed by atoms with E-state index in [4.69, 9.17) is 11.6 Å². The van der Waals surface area contributed by atoms with E-state index in [1.54, 1.807) is 4.40 Å². The molecule has 0 aliphatic carbocycles. The Morgan fingerprint density at radius 3 is 2.46 bits per heavy atom.